The van der Waals surface area contributed by atoms with Crippen LogP contribution in [0.2, 0.25) is 0 Å². The molecule has 4 aromatic heterocycles. The van der Waals surface area contributed by atoms with Crippen molar-refractivity contribution in [2.45, 2.75) is 19.4 Å². The molecular weight excluding hydrogens is 508 g/mol. The summed E-state index contributed by atoms with van der Waals surface area (Å²) in [5, 5.41) is 14.5. The molecule has 6 rings (SSSR count). The van der Waals surface area contributed by atoms with Crippen LogP contribution in [0.25, 0.3) is 22.7 Å². The van der Waals surface area contributed by atoms with Crippen LogP contribution in [0.3, 0.4) is 0 Å². The van der Waals surface area contributed by atoms with Gasteiger partial charge in [-0.15, -0.1) is 0 Å². The van der Waals surface area contributed by atoms with E-state index in [4.69, 9.17) is 23.7 Å². The van der Waals surface area contributed by atoms with Crippen LogP contribution in [0, 0.1) is 6.92 Å². The van der Waals surface area contributed by atoms with Crippen molar-refractivity contribution in [2.24, 2.45) is 0 Å². The molecule has 2 aliphatic heterocycles. The van der Waals surface area contributed by atoms with Crippen LogP contribution >= 0.6 is 0 Å². The predicted octanol–water partition coefficient (Wildman–Crippen LogP) is 2.52. The number of pyridine rings is 2. The highest BCUT2D eigenvalue weighted by Gasteiger charge is 2.29. The number of rotatable bonds is 6. The molecule has 2 aliphatic rings. The smallest absolute Gasteiger partial charge is 0.404 e. The van der Waals surface area contributed by atoms with Crippen LogP contribution in [0.15, 0.2) is 39.5 Å². The zero-order valence-corrected chi connectivity index (χ0v) is 21.1. The van der Waals surface area contributed by atoms with Gasteiger partial charge in [-0.05, 0) is 25.5 Å². The van der Waals surface area contributed by atoms with Crippen molar-refractivity contribution >= 4 is 40.8 Å². The van der Waals surface area contributed by atoms with E-state index in [1.165, 1.54) is 6.26 Å². The first-order chi connectivity index (χ1) is 18.9. The zero-order valence-electron chi connectivity index (χ0n) is 21.1. The molecular formula is C25H26N8O6. The van der Waals surface area contributed by atoms with Crippen molar-refractivity contribution in [2.75, 3.05) is 54.5 Å². The number of hydrogen-bond acceptors (Lipinski definition) is 11. The molecule has 1 unspecified atom stereocenters. The number of aryl methyl sites for hydroxylation is 1. The molecule has 14 nitrogen and oxygen atoms in total. The van der Waals surface area contributed by atoms with Crippen LogP contribution in [-0.4, -0.2) is 82.5 Å². The molecule has 14 heteroatoms. The molecule has 39 heavy (non-hydrogen) atoms. The Labute approximate surface area is 222 Å². The van der Waals surface area contributed by atoms with Crippen LogP contribution in [0.5, 0.6) is 0 Å². The number of anilines is 3. The summed E-state index contributed by atoms with van der Waals surface area (Å²) in [6.07, 6.45) is 2.44. The van der Waals surface area contributed by atoms with Crippen LogP contribution in [-0.2, 0) is 4.74 Å². The van der Waals surface area contributed by atoms with Gasteiger partial charge in [0, 0.05) is 49.7 Å². The van der Waals surface area contributed by atoms with Crippen LogP contribution in [0.4, 0.5) is 22.3 Å². The van der Waals surface area contributed by atoms with Gasteiger partial charge in [0.2, 0.25) is 11.5 Å². The first-order valence-electron chi connectivity index (χ1n) is 12.5. The second-order valence-corrected chi connectivity index (χ2v) is 9.34. The number of nitrogens with one attached hydrogen (secondary N) is 2. The lowest BCUT2D eigenvalue weighted by atomic mass is 10.2. The van der Waals surface area contributed by atoms with Crippen molar-refractivity contribution in [3.63, 3.8) is 0 Å². The lowest BCUT2D eigenvalue weighted by Gasteiger charge is -2.24. The maximum atomic E-state index is 13.2. The number of carbonyl (C=O) groups excluding carboxylic acids is 1. The van der Waals surface area contributed by atoms with Gasteiger partial charge in [-0.2, -0.15) is 4.98 Å². The average Bonchev–Trinajstić information content (AvgIpc) is 3.68. The molecule has 0 aromatic carbocycles. The average molecular weight is 535 g/mol. The Hall–Kier alpha value is -4.72. The van der Waals surface area contributed by atoms with Gasteiger partial charge < -0.3 is 39.1 Å². The van der Waals surface area contributed by atoms with Gasteiger partial charge in [0.15, 0.2) is 17.1 Å². The van der Waals surface area contributed by atoms with Crippen molar-refractivity contribution in [1.29, 1.82) is 0 Å². The molecule has 6 heterocycles. The molecule has 0 spiro atoms. The van der Waals surface area contributed by atoms with E-state index in [0.717, 1.165) is 5.69 Å². The second-order valence-electron chi connectivity index (χ2n) is 9.34. The van der Waals surface area contributed by atoms with E-state index in [-0.39, 0.29) is 11.7 Å². The summed E-state index contributed by atoms with van der Waals surface area (Å²) < 4.78 is 17.0. The van der Waals surface area contributed by atoms with Gasteiger partial charge in [-0.25, -0.2) is 14.8 Å². The van der Waals surface area contributed by atoms with E-state index in [2.05, 4.69) is 25.6 Å². The second kappa shape index (κ2) is 10.2. The first-order valence-corrected chi connectivity index (χ1v) is 12.5. The summed E-state index contributed by atoms with van der Waals surface area (Å²) >= 11 is 0. The largest absolute Gasteiger partial charge is 0.465 e. The Balaban J connectivity index is 1.31. The van der Waals surface area contributed by atoms with Crippen molar-refractivity contribution < 1.29 is 28.3 Å². The number of oxazole rings is 2. The number of morpholine rings is 1. The van der Waals surface area contributed by atoms with Crippen molar-refractivity contribution in [3.05, 3.63) is 42.0 Å². The number of amides is 2. The third-order valence-corrected chi connectivity index (χ3v) is 6.58. The third kappa shape index (κ3) is 5.18. The SMILES string of the molecule is Cc1cc(-c2nc(C(=O)Nc3cc4oc(N5CCOCC5)nc4nc3N3CCC(NC(=O)O)C3)co2)ccn1. The fraction of sp³-hybridized carbons (Fsp3) is 0.360. The Bertz CT molecular complexity index is 1530. The summed E-state index contributed by atoms with van der Waals surface area (Å²) in [4.78, 5) is 46.1. The molecule has 1 atom stereocenters. The summed E-state index contributed by atoms with van der Waals surface area (Å²) in [6.45, 7) is 5.21. The lowest BCUT2D eigenvalue weighted by Crippen LogP contribution is -2.36. The molecule has 2 fully saturated rings. The predicted molar refractivity (Wildman–Crippen MR) is 139 cm³/mol. The molecule has 2 saturated heterocycles. The normalized spacial score (nSPS) is 17.5. The fourth-order valence-electron chi connectivity index (χ4n) is 4.69. The maximum Gasteiger partial charge on any atom is 0.404 e. The number of carboxylic acid groups (broad SMARTS) is 1. The van der Waals surface area contributed by atoms with Gasteiger partial charge in [0.1, 0.15) is 6.26 Å². The summed E-state index contributed by atoms with van der Waals surface area (Å²) in [6, 6.07) is 5.40. The van der Waals surface area contributed by atoms with Crippen LogP contribution < -0.4 is 20.4 Å². The Morgan fingerprint density at radius 2 is 1.95 bits per heavy atom. The van der Waals surface area contributed by atoms with Crippen LogP contribution in [0.1, 0.15) is 22.6 Å². The lowest BCUT2D eigenvalue weighted by molar-refractivity contribution is 0.102. The molecule has 3 N–H and O–H groups in total. The van der Waals surface area contributed by atoms with E-state index in [1.807, 2.05) is 22.8 Å². The zero-order chi connectivity index (χ0) is 26.9. The third-order valence-electron chi connectivity index (χ3n) is 6.58. The van der Waals surface area contributed by atoms with Gasteiger partial charge >= 0.3 is 6.09 Å². The van der Waals surface area contributed by atoms with E-state index in [1.54, 1.807) is 18.3 Å². The standard InChI is InChI=1S/C25H26N8O6/c1-14-10-15(2-4-26-14)23-29-18(13-38-23)22(34)28-17-11-19-20(31-24(39-19)32-6-8-37-9-7-32)30-21(17)33-5-3-16(12-33)27-25(35)36/h2,4,10-11,13,16,27H,3,5-9,12H2,1H3,(H,28,34)(H,35,36). The highest BCUT2D eigenvalue weighted by Crippen LogP contribution is 2.33. The van der Waals surface area contributed by atoms with E-state index in [0.29, 0.717) is 86.0 Å². The molecule has 0 radical (unpaired) electrons. The molecule has 2 amide bonds. The minimum absolute atomic E-state index is 0.0870. The maximum absolute atomic E-state index is 13.2. The number of nitrogens with zero attached hydrogens (tertiary/aromatic N) is 6. The summed E-state index contributed by atoms with van der Waals surface area (Å²) in [7, 11) is 0. The van der Waals surface area contributed by atoms with Crippen molar-refractivity contribution in [3.8, 4) is 11.5 Å². The Kier molecular flexibility index (Phi) is 6.44. The highest BCUT2D eigenvalue weighted by molar-refractivity contribution is 6.05. The quantitative estimate of drug-likeness (QED) is 0.330. The number of aromatic nitrogens is 4. The Morgan fingerprint density at radius 1 is 1.10 bits per heavy atom. The first kappa shape index (κ1) is 24.6. The number of carbonyl (C=O) groups is 2. The molecule has 0 bridgehead atoms. The van der Waals surface area contributed by atoms with Crippen molar-refractivity contribution in [1.82, 2.24) is 25.3 Å². The molecule has 202 valence electrons. The molecule has 4 aromatic rings. The fourth-order valence-corrected chi connectivity index (χ4v) is 4.69. The van der Waals surface area contributed by atoms with Gasteiger partial charge in [0.25, 0.3) is 11.9 Å². The van der Waals surface area contributed by atoms with Gasteiger partial charge in [0.05, 0.1) is 24.9 Å². The molecule has 0 aliphatic carbocycles. The highest BCUT2D eigenvalue weighted by atomic mass is 16.5. The van der Waals surface area contributed by atoms with E-state index < -0.39 is 12.0 Å². The summed E-state index contributed by atoms with van der Waals surface area (Å²) in [5.41, 5.74) is 2.77. The minimum Gasteiger partial charge on any atom is -0.465 e. The Morgan fingerprint density at radius 3 is 2.74 bits per heavy atom. The molecule has 0 saturated carbocycles. The number of fused-ring (bicyclic) bond motifs is 1. The number of hydrogen-bond donors (Lipinski definition) is 3. The number of ether oxygens (including phenoxy) is 1. The van der Waals surface area contributed by atoms with Gasteiger partial charge in [-0.3, -0.25) is 9.78 Å². The minimum atomic E-state index is -1.09. The summed E-state index contributed by atoms with van der Waals surface area (Å²) in [5.74, 6) is 0.262. The monoisotopic (exact) mass is 534 g/mol. The van der Waals surface area contributed by atoms with E-state index >= 15 is 0 Å². The van der Waals surface area contributed by atoms with Gasteiger partial charge in [-0.1, -0.05) is 0 Å². The topological polar surface area (TPSA) is 172 Å². The van der Waals surface area contributed by atoms with E-state index in [9.17, 15) is 9.59 Å².